The Balaban J connectivity index is 3.07. The van der Waals surface area contributed by atoms with Gasteiger partial charge in [0, 0.05) is 5.56 Å². The third-order valence-corrected chi connectivity index (χ3v) is 2.20. The summed E-state index contributed by atoms with van der Waals surface area (Å²) in [6.45, 7) is 0. The molecule has 0 amide bonds. The van der Waals surface area contributed by atoms with Crippen molar-refractivity contribution >= 4 is 16.7 Å². The predicted octanol–water partition coefficient (Wildman–Crippen LogP) is 0.635. The first kappa shape index (κ1) is 10.6. The molecule has 0 radical (unpaired) electrons. The van der Waals surface area contributed by atoms with Crippen LogP contribution in [-0.4, -0.2) is 19.5 Å². The van der Waals surface area contributed by atoms with Gasteiger partial charge in [0.05, 0.1) is 11.3 Å². The molecular weight excluding hydrogens is 211 g/mol. The quantitative estimate of drug-likeness (QED) is 0.730. The van der Waals surface area contributed by atoms with Crippen molar-refractivity contribution in [2.24, 2.45) is 0 Å². The van der Waals surface area contributed by atoms with Crippen LogP contribution in [0.3, 0.4) is 0 Å². The third kappa shape index (κ3) is 2.53. The van der Waals surface area contributed by atoms with E-state index in [1.165, 1.54) is 6.07 Å². The fourth-order valence-electron chi connectivity index (χ4n) is 0.948. The normalized spacial score (nSPS) is 10.4. The summed E-state index contributed by atoms with van der Waals surface area (Å²) in [5.41, 5.74) is -0.224. The molecule has 6 heteroatoms. The number of carbonyl (C=O) groups is 1. The summed E-state index contributed by atoms with van der Waals surface area (Å²) in [5.74, 6) is -2.48. The highest BCUT2D eigenvalue weighted by atomic mass is 32.2. The van der Waals surface area contributed by atoms with Gasteiger partial charge in [-0.15, -0.1) is 0 Å². The molecule has 1 N–H and O–H groups in total. The number of carboxylic acid groups (broad SMARTS) is 1. The molecule has 0 aliphatic carbocycles. The minimum Gasteiger partial charge on any atom is -0.478 e. The number of aromatic carboxylic acids is 1. The summed E-state index contributed by atoms with van der Waals surface area (Å²) >= 11 is 0. The second kappa shape index (κ2) is 4.19. The number of hydrogen-bond donors (Lipinski definition) is 2. The van der Waals surface area contributed by atoms with E-state index in [-0.39, 0.29) is 11.1 Å². The number of carboxylic acids is 1. The highest BCUT2D eigenvalue weighted by Gasteiger charge is 2.08. The lowest BCUT2D eigenvalue weighted by molar-refractivity contribution is 0.0696. The van der Waals surface area contributed by atoms with Crippen LogP contribution in [0.25, 0.3) is 0 Å². The Morgan fingerprint density at radius 1 is 1.43 bits per heavy atom. The Kier molecular flexibility index (Phi) is 3.19. The van der Waals surface area contributed by atoms with Crippen LogP contribution in [0.2, 0.25) is 0 Å². The molecule has 1 rings (SSSR count). The van der Waals surface area contributed by atoms with Gasteiger partial charge < -0.3 is 5.11 Å². The second-order valence-electron chi connectivity index (χ2n) is 2.60. The summed E-state index contributed by atoms with van der Waals surface area (Å²) in [6, 6.07) is 3.12. The van der Waals surface area contributed by atoms with E-state index in [2.05, 4.69) is 0 Å². The monoisotopic (exact) mass is 218 g/mol. The molecular formula is C8H7FO4S. The van der Waals surface area contributed by atoms with E-state index in [0.717, 1.165) is 12.1 Å². The summed E-state index contributed by atoms with van der Waals surface area (Å²) in [5, 5.41) is 8.50. The molecule has 0 aliphatic heterocycles. The van der Waals surface area contributed by atoms with Crippen molar-refractivity contribution in [1.82, 2.24) is 0 Å². The molecule has 14 heavy (non-hydrogen) atoms. The molecule has 0 saturated heterocycles. The Hall–Kier alpha value is -1.43. The van der Waals surface area contributed by atoms with Gasteiger partial charge in [0.25, 0.3) is 0 Å². The first-order valence-electron chi connectivity index (χ1n) is 3.64. The van der Waals surface area contributed by atoms with Crippen LogP contribution in [0.15, 0.2) is 18.2 Å². The Labute approximate surface area is 80.9 Å². The molecule has 0 atom stereocenters. The van der Waals surface area contributed by atoms with Crippen LogP contribution in [0.4, 0.5) is 4.39 Å². The van der Waals surface area contributed by atoms with E-state index in [1.54, 1.807) is 0 Å². The van der Waals surface area contributed by atoms with Gasteiger partial charge in [0.1, 0.15) is 16.5 Å². The highest BCUT2D eigenvalue weighted by Crippen LogP contribution is 2.11. The first-order chi connectivity index (χ1) is 6.50. The first-order valence-corrected chi connectivity index (χ1v) is 5.00. The van der Waals surface area contributed by atoms with Gasteiger partial charge in [-0.25, -0.2) is 17.6 Å². The molecule has 1 aromatic rings. The van der Waals surface area contributed by atoms with Gasteiger partial charge in [0.15, 0.2) is 0 Å². The molecule has 0 unspecified atom stereocenters. The van der Waals surface area contributed by atoms with Crippen LogP contribution < -0.4 is 0 Å². The Morgan fingerprint density at radius 2 is 2.07 bits per heavy atom. The summed E-state index contributed by atoms with van der Waals surface area (Å²) in [6.07, 6.45) is 0. The Morgan fingerprint density at radius 3 is 2.50 bits per heavy atom. The van der Waals surface area contributed by atoms with Gasteiger partial charge in [0.2, 0.25) is 0 Å². The van der Waals surface area contributed by atoms with E-state index < -0.39 is 28.2 Å². The molecule has 0 saturated carbocycles. The van der Waals surface area contributed by atoms with Crippen LogP contribution in [0.1, 0.15) is 15.9 Å². The van der Waals surface area contributed by atoms with Crippen LogP contribution >= 0.6 is 0 Å². The maximum Gasteiger partial charge on any atom is 0.335 e. The van der Waals surface area contributed by atoms with Gasteiger partial charge in [-0.05, 0) is 12.1 Å². The summed E-state index contributed by atoms with van der Waals surface area (Å²) in [7, 11) is -2.71. The zero-order valence-electron chi connectivity index (χ0n) is 6.94. The molecule has 0 fully saturated rings. The SMILES string of the molecule is O=C(O)c1ccc(C[SH](=O)=O)c(F)c1. The average molecular weight is 218 g/mol. The van der Waals surface area contributed by atoms with E-state index in [1.807, 2.05) is 0 Å². The fraction of sp³-hybridized carbons (Fsp3) is 0.125. The number of halogens is 1. The second-order valence-corrected chi connectivity index (χ2v) is 3.58. The zero-order chi connectivity index (χ0) is 10.7. The Bertz CT molecular complexity index is 431. The molecule has 4 nitrogen and oxygen atoms in total. The van der Waals surface area contributed by atoms with Crippen molar-refractivity contribution < 1.29 is 22.7 Å². The topological polar surface area (TPSA) is 71.4 Å². The highest BCUT2D eigenvalue weighted by molar-refractivity contribution is 7.71. The maximum absolute atomic E-state index is 13.0. The van der Waals surface area contributed by atoms with Crippen LogP contribution in [0.5, 0.6) is 0 Å². The van der Waals surface area contributed by atoms with Crippen LogP contribution in [-0.2, 0) is 16.5 Å². The van der Waals surface area contributed by atoms with Gasteiger partial charge in [-0.2, -0.15) is 0 Å². The molecule has 0 heterocycles. The fourth-order valence-corrected chi connectivity index (χ4v) is 1.48. The molecule has 0 aliphatic rings. The van der Waals surface area contributed by atoms with Gasteiger partial charge in [-0.3, -0.25) is 0 Å². The minimum atomic E-state index is -2.71. The molecule has 1 aromatic carbocycles. The maximum atomic E-state index is 13.0. The van der Waals surface area contributed by atoms with Crippen molar-refractivity contribution in [2.45, 2.75) is 5.75 Å². The molecule has 0 spiro atoms. The van der Waals surface area contributed by atoms with Gasteiger partial charge in [-0.1, -0.05) is 6.07 Å². The lowest BCUT2D eigenvalue weighted by Gasteiger charge is -1.99. The van der Waals surface area contributed by atoms with E-state index >= 15 is 0 Å². The van der Waals surface area contributed by atoms with E-state index in [4.69, 9.17) is 5.11 Å². The summed E-state index contributed by atoms with van der Waals surface area (Å²) in [4.78, 5) is 10.4. The summed E-state index contributed by atoms with van der Waals surface area (Å²) < 4.78 is 33.6. The number of benzene rings is 1. The number of rotatable bonds is 3. The van der Waals surface area contributed by atoms with Crippen molar-refractivity contribution in [2.75, 3.05) is 0 Å². The standard InChI is InChI=1S/C8H7FO4S/c9-7-3-5(8(10)11)1-2-6(7)4-14(12)13/h1-3,14H,4H2,(H,10,11). The number of thiol groups is 1. The number of hydrogen-bond acceptors (Lipinski definition) is 3. The average Bonchev–Trinajstić information content (AvgIpc) is 2.07. The van der Waals surface area contributed by atoms with Crippen molar-refractivity contribution in [3.05, 3.63) is 35.1 Å². The van der Waals surface area contributed by atoms with E-state index in [0.29, 0.717) is 0 Å². The van der Waals surface area contributed by atoms with Gasteiger partial charge >= 0.3 is 5.97 Å². The lowest BCUT2D eigenvalue weighted by atomic mass is 10.1. The smallest absolute Gasteiger partial charge is 0.335 e. The minimum absolute atomic E-state index is 0.0221. The predicted molar refractivity (Wildman–Crippen MR) is 47.4 cm³/mol. The van der Waals surface area contributed by atoms with Crippen LogP contribution in [0, 0.1) is 5.82 Å². The van der Waals surface area contributed by atoms with Crippen molar-refractivity contribution in [1.29, 1.82) is 0 Å². The lowest BCUT2D eigenvalue weighted by Crippen LogP contribution is -1.99. The molecule has 0 bridgehead atoms. The molecule has 0 aromatic heterocycles. The van der Waals surface area contributed by atoms with Crippen molar-refractivity contribution in [3.63, 3.8) is 0 Å². The largest absolute Gasteiger partial charge is 0.478 e. The third-order valence-electron chi connectivity index (χ3n) is 1.60. The van der Waals surface area contributed by atoms with E-state index in [9.17, 15) is 17.6 Å². The zero-order valence-corrected chi connectivity index (χ0v) is 7.83. The van der Waals surface area contributed by atoms with Crippen molar-refractivity contribution in [3.8, 4) is 0 Å². The molecule has 76 valence electrons.